The number of amides is 1. The molecule has 0 fully saturated rings. The van der Waals surface area contributed by atoms with Gasteiger partial charge in [0.15, 0.2) is 0 Å². The lowest BCUT2D eigenvalue weighted by Gasteiger charge is -1.93. The van der Waals surface area contributed by atoms with Gasteiger partial charge in [-0.3, -0.25) is 4.79 Å². The topological polar surface area (TPSA) is 69.4 Å². The van der Waals surface area contributed by atoms with Crippen LogP contribution in [-0.4, -0.2) is 18.5 Å². The van der Waals surface area contributed by atoms with Crippen LogP contribution in [0.25, 0.3) is 0 Å². The van der Waals surface area contributed by atoms with Crippen LogP contribution in [0.5, 0.6) is 0 Å². The van der Waals surface area contributed by atoms with E-state index in [1.165, 1.54) is 6.08 Å². The molecular formula is C7H9NO3. The number of rotatable bonds is 4. The molecule has 0 atom stereocenters. The van der Waals surface area contributed by atoms with Gasteiger partial charge in [-0.1, -0.05) is 12.7 Å². The summed E-state index contributed by atoms with van der Waals surface area (Å²) in [6.45, 7) is 3.46. The standard InChI is InChI=1S/C7H9NO3/c1-2-5-11-7(10)4-3-6(8)9/h2-4H,1,5H2,(H2,8,9)/b4-3-. The van der Waals surface area contributed by atoms with Crippen molar-refractivity contribution in [1.82, 2.24) is 0 Å². The van der Waals surface area contributed by atoms with Crippen molar-refractivity contribution in [2.24, 2.45) is 5.73 Å². The first-order valence-electron chi connectivity index (χ1n) is 2.92. The lowest BCUT2D eigenvalue weighted by Crippen LogP contribution is -2.08. The zero-order valence-corrected chi connectivity index (χ0v) is 5.95. The number of carbonyl (C=O) groups excluding carboxylic acids is 2. The third-order valence-electron chi connectivity index (χ3n) is 0.727. The van der Waals surface area contributed by atoms with Crippen molar-refractivity contribution in [3.8, 4) is 0 Å². The Morgan fingerprint density at radius 3 is 2.55 bits per heavy atom. The summed E-state index contributed by atoms with van der Waals surface area (Å²) >= 11 is 0. The van der Waals surface area contributed by atoms with Crippen molar-refractivity contribution in [2.45, 2.75) is 0 Å². The lowest BCUT2D eigenvalue weighted by molar-refractivity contribution is -0.136. The van der Waals surface area contributed by atoms with Gasteiger partial charge in [0, 0.05) is 12.2 Å². The van der Waals surface area contributed by atoms with Gasteiger partial charge in [0.05, 0.1) is 0 Å². The highest BCUT2D eigenvalue weighted by Crippen LogP contribution is 1.81. The molecule has 0 aliphatic rings. The van der Waals surface area contributed by atoms with Gasteiger partial charge in [0.2, 0.25) is 5.91 Å². The summed E-state index contributed by atoms with van der Waals surface area (Å²) in [6, 6.07) is 0. The van der Waals surface area contributed by atoms with Crippen molar-refractivity contribution in [3.63, 3.8) is 0 Å². The molecular weight excluding hydrogens is 146 g/mol. The molecule has 0 bridgehead atoms. The number of carbonyl (C=O) groups is 2. The van der Waals surface area contributed by atoms with E-state index < -0.39 is 11.9 Å². The highest BCUT2D eigenvalue weighted by atomic mass is 16.5. The molecule has 2 N–H and O–H groups in total. The Morgan fingerprint density at radius 2 is 2.09 bits per heavy atom. The molecule has 0 aliphatic heterocycles. The summed E-state index contributed by atoms with van der Waals surface area (Å²) < 4.78 is 4.49. The first-order valence-corrected chi connectivity index (χ1v) is 2.92. The van der Waals surface area contributed by atoms with Gasteiger partial charge in [0.1, 0.15) is 6.61 Å². The third-order valence-corrected chi connectivity index (χ3v) is 0.727. The highest BCUT2D eigenvalue weighted by Gasteiger charge is 1.93. The molecule has 0 aromatic rings. The zero-order chi connectivity index (χ0) is 8.69. The second kappa shape index (κ2) is 5.22. The fourth-order valence-electron chi connectivity index (χ4n) is 0.339. The molecule has 0 aromatic heterocycles. The molecule has 0 radical (unpaired) electrons. The fourth-order valence-corrected chi connectivity index (χ4v) is 0.339. The van der Waals surface area contributed by atoms with E-state index in [0.717, 1.165) is 12.2 Å². The zero-order valence-electron chi connectivity index (χ0n) is 5.95. The lowest BCUT2D eigenvalue weighted by atomic mass is 10.5. The minimum atomic E-state index is -0.680. The molecule has 0 saturated carbocycles. The quantitative estimate of drug-likeness (QED) is 0.346. The van der Waals surface area contributed by atoms with Crippen LogP contribution in [0.3, 0.4) is 0 Å². The maximum atomic E-state index is 10.5. The maximum Gasteiger partial charge on any atom is 0.331 e. The number of hydrogen-bond donors (Lipinski definition) is 1. The molecule has 0 spiro atoms. The molecule has 0 saturated heterocycles. The Bertz CT molecular complexity index is 196. The smallest absolute Gasteiger partial charge is 0.331 e. The van der Waals surface area contributed by atoms with Crippen LogP contribution in [0, 0.1) is 0 Å². The summed E-state index contributed by atoms with van der Waals surface area (Å²) in [5, 5.41) is 0. The van der Waals surface area contributed by atoms with Crippen LogP contribution in [0.15, 0.2) is 24.8 Å². The first kappa shape index (κ1) is 9.42. The molecule has 1 amide bonds. The van der Waals surface area contributed by atoms with E-state index in [4.69, 9.17) is 5.73 Å². The molecule has 0 heterocycles. The summed E-state index contributed by atoms with van der Waals surface area (Å²) in [5.74, 6) is -1.29. The number of ether oxygens (including phenoxy) is 1. The summed E-state index contributed by atoms with van der Waals surface area (Å²) in [7, 11) is 0. The van der Waals surface area contributed by atoms with Crippen molar-refractivity contribution in [1.29, 1.82) is 0 Å². The predicted octanol–water partition coefficient (Wildman–Crippen LogP) is -0.243. The summed E-state index contributed by atoms with van der Waals surface area (Å²) in [5.41, 5.74) is 4.72. The molecule has 60 valence electrons. The van der Waals surface area contributed by atoms with Crippen molar-refractivity contribution in [2.75, 3.05) is 6.61 Å². The Hall–Kier alpha value is -1.58. The number of primary amides is 1. The van der Waals surface area contributed by atoms with Crippen LogP contribution in [0.2, 0.25) is 0 Å². The molecule has 4 heteroatoms. The summed E-state index contributed by atoms with van der Waals surface area (Å²) in [6.07, 6.45) is 3.33. The largest absolute Gasteiger partial charge is 0.458 e. The molecule has 0 rings (SSSR count). The van der Waals surface area contributed by atoms with E-state index in [0.29, 0.717) is 0 Å². The van der Waals surface area contributed by atoms with Gasteiger partial charge in [-0.15, -0.1) is 0 Å². The maximum absolute atomic E-state index is 10.5. The predicted molar refractivity (Wildman–Crippen MR) is 39.5 cm³/mol. The van der Waals surface area contributed by atoms with E-state index in [-0.39, 0.29) is 6.61 Å². The van der Waals surface area contributed by atoms with Crippen LogP contribution < -0.4 is 5.73 Å². The number of esters is 1. The number of nitrogens with two attached hydrogens (primary N) is 1. The molecule has 11 heavy (non-hydrogen) atoms. The Kier molecular flexibility index (Phi) is 4.47. The second-order valence-electron chi connectivity index (χ2n) is 1.65. The molecule has 0 unspecified atom stereocenters. The molecule has 0 aromatic carbocycles. The van der Waals surface area contributed by atoms with Crippen molar-refractivity contribution in [3.05, 3.63) is 24.8 Å². The van der Waals surface area contributed by atoms with E-state index in [2.05, 4.69) is 11.3 Å². The van der Waals surface area contributed by atoms with E-state index >= 15 is 0 Å². The summed E-state index contributed by atoms with van der Waals surface area (Å²) in [4.78, 5) is 20.6. The Labute approximate surface area is 64.3 Å². The minimum Gasteiger partial charge on any atom is -0.458 e. The second-order valence-corrected chi connectivity index (χ2v) is 1.65. The highest BCUT2D eigenvalue weighted by molar-refractivity contribution is 5.93. The Balaban J connectivity index is 3.68. The van der Waals surface area contributed by atoms with E-state index in [1.54, 1.807) is 0 Å². The third kappa shape index (κ3) is 6.30. The Morgan fingerprint density at radius 1 is 1.45 bits per heavy atom. The SMILES string of the molecule is C=CCOC(=O)/C=C\C(N)=O. The molecule has 0 aliphatic carbocycles. The van der Waals surface area contributed by atoms with Crippen LogP contribution >= 0.6 is 0 Å². The first-order chi connectivity index (χ1) is 5.16. The number of hydrogen-bond acceptors (Lipinski definition) is 3. The van der Waals surface area contributed by atoms with Gasteiger partial charge in [-0.05, 0) is 0 Å². The van der Waals surface area contributed by atoms with E-state index in [1.807, 2.05) is 0 Å². The minimum absolute atomic E-state index is 0.127. The van der Waals surface area contributed by atoms with Crippen LogP contribution in [-0.2, 0) is 14.3 Å². The van der Waals surface area contributed by atoms with Gasteiger partial charge in [0.25, 0.3) is 0 Å². The van der Waals surface area contributed by atoms with Gasteiger partial charge in [-0.25, -0.2) is 4.79 Å². The van der Waals surface area contributed by atoms with Crippen LogP contribution in [0.1, 0.15) is 0 Å². The van der Waals surface area contributed by atoms with Gasteiger partial charge in [-0.2, -0.15) is 0 Å². The average molecular weight is 155 g/mol. The normalized spacial score (nSPS) is 9.45. The average Bonchev–Trinajstić information content (AvgIpc) is 1.97. The van der Waals surface area contributed by atoms with Crippen LogP contribution in [0.4, 0.5) is 0 Å². The molecule has 4 nitrogen and oxygen atoms in total. The van der Waals surface area contributed by atoms with Gasteiger partial charge < -0.3 is 10.5 Å². The fraction of sp³-hybridized carbons (Fsp3) is 0.143. The van der Waals surface area contributed by atoms with Crippen molar-refractivity contribution >= 4 is 11.9 Å². The monoisotopic (exact) mass is 155 g/mol. The van der Waals surface area contributed by atoms with E-state index in [9.17, 15) is 9.59 Å². The van der Waals surface area contributed by atoms with Crippen molar-refractivity contribution < 1.29 is 14.3 Å². The van der Waals surface area contributed by atoms with Gasteiger partial charge >= 0.3 is 5.97 Å².